The van der Waals surface area contributed by atoms with E-state index in [0.29, 0.717) is 6.61 Å². The molecule has 0 atom stereocenters. The molecule has 0 saturated carbocycles. The fourth-order valence-electron chi connectivity index (χ4n) is 1.06. The molecule has 1 rings (SSSR count). The zero-order chi connectivity index (χ0) is 7.94. The van der Waals surface area contributed by atoms with Crippen molar-refractivity contribution in [2.45, 2.75) is 19.3 Å². The zero-order valence-electron chi connectivity index (χ0n) is 6.66. The van der Waals surface area contributed by atoms with Crippen molar-refractivity contribution in [1.29, 1.82) is 0 Å². The summed E-state index contributed by atoms with van der Waals surface area (Å²) < 4.78 is 0. The first-order chi connectivity index (χ1) is 5.43. The van der Waals surface area contributed by atoms with E-state index in [1.54, 1.807) is 0 Å². The van der Waals surface area contributed by atoms with Gasteiger partial charge in [0.05, 0.1) is 0 Å². The van der Waals surface area contributed by atoms with Crippen molar-refractivity contribution in [2.24, 2.45) is 0 Å². The Hall–Kier alpha value is -0.820. The van der Waals surface area contributed by atoms with Crippen LogP contribution in [0.3, 0.4) is 0 Å². The Morgan fingerprint density at radius 1 is 1.45 bits per heavy atom. The first kappa shape index (κ1) is 8.28. The number of unbranched alkanes of at least 4 members (excludes halogenated alkanes) is 1. The number of allylic oxidation sites excluding steroid dienone is 6. The van der Waals surface area contributed by atoms with Crippen LogP contribution in [0.4, 0.5) is 0 Å². The van der Waals surface area contributed by atoms with Gasteiger partial charge >= 0.3 is 0 Å². The minimum absolute atomic E-state index is 0.295. The van der Waals surface area contributed by atoms with E-state index in [1.807, 2.05) is 6.08 Å². The van der Waals surface area contributed by atoms with Crippen LogP contribution in [0, 0.1) is 0 Å². The maximum atomic E-state index is 8.53. The van der Waals surface area contributed by atoms with Gasteiger partial charge in [0, 0.05) is 6.61 Å². The Kier molecular flexibility index (Phi) is 3.70. The summed E-state index contributed by atoms with van der Waals surface area (Å²) in [5, 5.41) is 8.53. The van der Waals surface area contributed by atoms with Gasteiger partial charge in [0.25, 0.3) is 0 Å². The quantitative estimate of drug-likeness (QED) is 0.611. The second-order valence-corrected chi connectivity index (χ2v) is 2.64. The topological polar surface area (TPSA) is 20.2 Å². The number of rotatable bonds is 3. The molecule has 0 radical (unpaired) electrons. The molecule has 0 bridgehead atoms. The van der Waals surface area contributed by atoms with Gasteiger partial charge in [0.15, 0.2) is 0 Å². The third-order valence-corrected chi connectivity index (χ3v) is 1.68. The van der Waals surface area contributed by atoms with E-state index in [1.165, 1.54) is 5.57 Å². The van der Waals surface area contributed by atoms with Crippen molar-refractivity contribution in [3.8, 4) is 0 Å². The summed E-state index contributed by atoms with van der Waals surface area (Å²) in [5.74, 6) is 0. The maximum Gasteiger partial charge on any atom is 0.0433 e. The average Bonchev–Trinajstić information content (AvgIpc) is 2.07. The van der Waals surface area contributed by atoms with Gasteiger partial charge < -0.3 is 5.11 Å². The number of hydrogen-bond donors (Lipinski definition) is 1. The third kappa shape index (κ3) is 3.19. The van der Waals surface area contributed by atoms with Gasteiger partial charge in [0.1, 0.15) is 0 Å². The molecule has 0 aromatic rings. The lowest BCUT2D eigenvalue weighted by molar-refractivity contribution is 0.289. The number of hydrogen-bond acceptors (Lipinski definition) is 1. The smallest absolute Gasteiger partial charge is 0.0433 e. The molecule has 0 spiro atoms. The first-order valence-corrected chi connectivity index (χ1v) is 4.06. The highest BCUT2D eigenvalue weighted by Crippen LogP contribution is 2.10. The molecule has 0 unspecified atom stereocenters. The standard InChI is InChI=1S/C10H14O/c11-9-5-4-8-10-6-2-1-3-7-10/h1-3,6,8,11H,4-5,7,9H2. The minimum Gasteiger partial charge on any atom is -0.396 e. The highest BCUT2D eigenvalue weighted by Gasteiger charge is 1.91. The van der Waals surface area contributed by atoms with Crippen LogP contribution in [0.5, 0.6) is 0 Å². The van der Waals surface area contributed by atoms with Gasteiger partial charge in [-0.1, -0.05) is 30.4 Å². The highest BCUT2D eigenvalue weighted by atomic mass is 16.2. The Morgan fingerprint density at radius 3 is 3.00 bits per heavy atom. The fourth-order valence-corrected chi connectivity index (χ4v) is 1.06. The van der Waals surface area contributed by atoms with Crippen molar-refractivity contribution in [3.63, 3.8) is 0 Å². The summed E-state index contributed by atoms with van der Waals surface area (Å²) in [6.07, 6.45) is 13.5. The lowest BCUT2D eigenvalue weighted by Crippen LogP contribution is -1.83. The molecule has 0 fully saturated rings. The van der Waals surface area contributed by atoms with Gasteiger partial charge in [-0.2, -0.15) is 0 Å². The minimum atomic E-state index is 0.295. The molecule has 1 aliphatic rings. The van der Waals surface area contributed by atoms with E-state index < -0.39 is 0 Å². The molecular formula is C10H14O. The summed E-state index contributed by atoms with van der Waals surface area (Å²) in [5.41, 5.74) is 1.36. The van der Waals surface area contributed by atoms with Crippen molar-refractivity contribution >= 4 is 0 Å². The van der Waals surface area contributed by atoms with E-state index in [4.69, 9.17) is 5.11 Å². The second kappa shape index (κ2) is 4.91. The van der Waals surface area contributed by atoms with E-state index in [0.717, 1.165) is 19.3 Å². The summed E-state index contributed by atoms with van der Waals surface area (Å²) >= 11 is 0. The van der Waals surface area contributed by atoms with Gasteiger partial charge in [-0.05, 0) is 24.8 Å². The average molecular weight is 150 g/mol. The molecule has 0 amide bonds. The molecule has 0 aromatic heterocycles. The number of aliphatic hydroxyl groups is 1. The van der Waals surface area contributed by atoms with Crippen molar-refractivity contribution in [3.05, 3.63) is 36.0 Å². The van der Waals surface area contributed by atoms with Crippen LogP contribution in [0.2, 0.25) is 0 Å². The van der Waals surface area contributed by atoms with Gasteiger partial charge in [0.2, 0.25) is 0 Å². The molecule has 1 N–H and O–H groups in total. The van der Waals surface area contributed by atoms with Crippen molar-refractivity contribution < 1.29 is 5.11 Å². The molecule has 1 aliphatic carbocycles. The van der Waals surface area contributed by atoms with Crippen LogP contribution in [0.25, 0.3) is 0 Å². The maximum absolute atomic E-state index is 8.53. The molecule has 0 saturated heterocycles. The summed E-state index contributed by atoms with van der Waals surface area (Å²) in [7, 11) is 0. The van der Waals surface area contributed by atoms with E-state index in [2.05, 4.69) is 24.3 Å². The lowest BCUT2D eigenvalue weighted by atomic mass is 10.1. The Balaban J connectivity index is 2.29. The van der Waals surface area contributed by atoms with Gasteiger partial charge in [-0.3, -0.25) is 0 Å². The predicted octanol–water partition coefficient (Wildman–Crippen LogP) is 2.20. The lowest BCUT2D eigenvalue weighted by Gasteiger charge is -2.00. The first-order valence-electron chi connectivity index (χ1n) is 4.06. The molecular weight excluding hydrogens is 136 g/mol. The van der Waals surface area contributed by atoms with Crippen LogP contribution in [0.1, 0.15) is 19.3 Å². The van der Waals surface area contributed by atoms with Crippen molar-refractivity contribution in [2.75, 3.05) is 6.61 Å². The van der Waals surface area contributed by atoms with Crippen LogP contribution >= 0.6 is 0 Å². The Bertz CT molecular complexity index is 187. The molecule has 1 heteroatoms. The molecule has 60 valence electrons. The largest absolute Gasteiger partial charge is 0.396 e. The molecule has 0 heterocycles. The van der Waals surface area contributed by atoms with E-state index in [9.17, 15) is 0 Å². The summed E-state index contributed by atoms with van der Waals surface area (Å²) in [6.45, 7) is 0.295. The zero-order valence-corrected chi connectivity index (χ0v) is 6.66. The van der Waals surface area contributed by atoms with Gasteiger partial charge in [-0.15, -0.1) is 0 Å². The normalized spacial score (nSPS) is 19.5. The molecule has 1 nitrogen and oxygen atoms in total. The van der Waals surface area contributed by atoms with Crippen LogP contribution in [-0.2, 0) is 0 Å². The SMILES string of the molecule is OCCCC=C1C=CC=CC1. The highest BCUT2D eigenvalue weighted by molar-refractivity contribution is 5.29. The van der Waals surface area contributed by atoms with E-state index in [-0.39, 0.29) is 0 Å². The summed E-state index contributed by atoms with van der Waals surface area (Å²) in [4.78, 5) is 0. The van der Waals surface area contributed by atoms with Crippen molar-refractivity contribution in [1.82, 2.24) is 0 Å². The van der Waals surface area contributed by atoms with Crippen LogP contribution in [-0.4, -0.2) is 11.7 Å². The third-order valence-electron chi connectivity index (χ3n) is 1.68. The molecule has 0 aliphatic heterocycles. The van der Waals surface area contributed by atoms with Gasteiger partial charge in [-0.25, -0.2) is 0 Å². The molecule has 11 heavy (non-hydrogen) atoms. The van der Waals surface area contributed by atoms with E-state index >= 15 is 0 Å². The van der Waals surface area contributed by atoms with Crippen LogP contribution < -0.4 is 0 Å². The summed E-state index contributed by atoms with van der Waals surface area (Å²) in [6, 6.07) is 0. The monoisotopic (exact) mass is 150 g/mol. The predicted molar refractivity (Wildman–Crippen MR) is 47.3 cm³/mol. The van der Waals surface area contributed by atoms with Crippen LogP contribution in [0.15, 0.2) is 36.0 Å². The number of aliphatic hydroxyl groups excluding tert-OH is 1. The fraction of sp³-hybridized carbons (Fsp3) is 0.400. The Morgan fingerprint density at radius 2 is 2.36 bits per heavy atom. The molecule has 0 aromatic carbocycles. The Labute approximate surface area is 67.7 Å². The second-order valence-electron chi connectivity index (χ2n) is 2.64.